The van der Waals surface area contributed by atoms with Crippen LogP contribution >= 0.6 is 0 Å². The number of nitrogens with one attached hydrogen (secondary N) is 3. The number of carbonyl (C=O) groups is 3. The van der Waals surface area contributed by atoms with Gasteiger partial charge in [0.25, 0.3) is 11.8 Å². The van der Waals surface area contributed by atoms with Crippen LogP contribution in [0.25, 0.3) is 6.08 Å². The van der Waals surface area contributed by atoms with Crippen molar-refractivity contribution in [1.82, 2.24) is 16.2 Å². The molecule has 38 heavy (non-hydrogen) atoms. The van der Waals surface area contributed by atoms with E-state index in [1.54, 1.807) is 33.8 Å². The van der Waals surface area contributed by atoms with Gasteiger partial charge >= 0.3 is 0 Å². The van der Waals surface area contributed by atoms with Gasteiger partial charge in [0.2, 0.25) is 5.91 Å². The fourth-order valence-corrected chi connectivity index (χ4v) is 4.40. The van der Waals surface area contributed by atoms with Crippen LogP contribution in [0, 0.1) is 0 Å². The quantitative estimate of drug-likeness (QED) is 0.326. The van der Waals surface area contributed by atoms with E-state index < -0.39 is 66.0 Å². The molecule has 208 valence electrons. The number of amides is 3. The molecule has 3 aliphatic rings. The lowest BCUT2D eigenvalue weighted by Crippen LogP contribution is -2.52. The first-order valence-electron chi connectivity index (χ1n) is 12.5. The van der Waals surface area contributed by atoms with Crippen LogP contribution in [0.5, 0.6) is 0 Å². The van der Waals surface area contributed by atoms with Gasteiger partial charge in [-0.3, -0.25) is 25.2 Å². The summed E-state index contributed by atoms with van der Waals surface area (Å²) in [6.07, 6.45) is -0.0576. The van der Waals surface area contributed by atoms with Crippen molar-refractivity contribution in [1.29, 1.82) is 0 Å². The number of hydrogen-bond acceptors (Lipinski definition) is 9. The van der Waals surface area contributed by atoms with Crippen molar-refractivity contribution in [3.63, 3.8) is 0 Å². The van der Waals surface area contributed by atoms with Crippen LogP contribution in [-0.2, 0) is 42.8 Å². The van der Waals surface area contributed by atoms with Crippen molar-refractivity contribution in [2.24, 2.45) is 0 Å². The number of fused-ring (bicyclic) bond motifs is 1. The van der Waals surface area contributed by atoms with Gasteiger partial charge in [-0.15, -0.1) is 0 Å². The summed E-state index contributed by atoms with van der Waals surface area (Å²) in [5.74, 6) is -3.30. The molecule has 0 aliphatic carbocycles. The molecule has 1 aromatic rings. The third-order valence-corrected chi connectivity index (χ3v) is 6.14. The topological polar surface area (TPSA) is 143 Å². The predicted molar refractivity (Wildman–Crippen MR) is 133 cm³/mol. The molecule has 3 amide bonds. The average Bonchev–Trinajstić information content (AvgIpc) is 3.48. The molecule has 0 unspecified atom stereocenters. The van der Waals surface area contributed by atoms with Crippen LogP contribution in [0.2, 0.25) is 0 Å². The van der Waals surface area contributed by atoms with Gasteiger partial charge in [-0.2, -0.15) is 0 Å². The summed E-state index contributed by atoms with van der Waals surface area (Å²) in [7, 11) is 0. The van der Waals surface area contributed by atoms with E-state index in [1.165, 1.54) is 13.0 Å². The third-order valence-electron chi connectivity index (χ3n) is 6.14. The van der Waals surface area contributed by atoms with Gasteiger partial charge in [-0.25, -0.2) is 0 Å². The van der Waals surface area contributed by atoms with Gasteiger partial charge in [0.05, 0.1) is 6.61 Å². The summed E-state index contributed by atoms with van der Waals surface area (Å²) in [5.41, 5.74) is 5.40. The lowest BCUT2D eigenvalue weighted by molar-refractivity contribution is -0.235. The Labute approximate surface area is 221 Å². The zero-order valence-corrected chi connectivity index (χ0v) is 22.1. The Hall–Kier alpha value is -2.87. The van der Waals surface area contributed by atoms with E-state index in [9.17, 15) is 14.4 Å². The van der Waals surface area contributed by atoms with Crippen molar-refractivity contribution < 1.29 is 42.8 Å². The lowest BCUT2D eigenvalue weighted by atomic mass is 10.1. The molecule has 3 heterocycles. The summed E-state index contributed by atoms with van der Waals surface area (Å²) in [6, 6.07) is 8.29. The van der Waals surface area contributed by atoms with Crippen molar-refractivity contribution >= 4 is 23.8 Å². The molecule has 4 rings (SSSR count). The van der Waals surface area contributed by atoms with Gasteiger partial charge in [-0.1, -0.05) is 30.3 Å². The van der Waals surface area contributed by atoms with Crippen molar-refractivity contribution in [2.45, 2.75) is 82.9 Å². The minimum atomic E-state index is -0.940. The molecule has 0 saturated carbocycles. The Morgan fingerprint density at radius 1 is 1.03 bits per heavy atom. The maximum Gasteiger partial charge on any atom is 0.262 e. The van der Waals surface area contributed by atoms with Crippen LogP contribution in [-0.4, -0.2) is 79.3 Å². The number of rotatable bonds is 8. The first-order valence-corrected chi connectivity index (χ1v) is 12.5. The van der Waals surface area contributed by atoms with Gasteiger partial charge in [0.15, 0.2) is 17.9 Å². The molecule has 0 spiro atoms. The second kappa shape index (κ2) is 11.5. The summed E-state index contributed by atoms with van der Waals surface area (Å²) in [6.45, 7) is 8.55. The smallest absolute Gasteiger partial charge is 0.262 e. The molecule has 3 fully saturated rings. The Bertz CT molecular complexity index is 1050. The zero-order chi connectivity index (χ0) is 27.5. The number of hydrogen-bond donors (Lipinski definition) is 3. The highest BCUT2D eigenvalue weighted by atomic mass is 16.8. The van der Waals surface area contributed by atoms with Crippen LogP contribution in [0.4, 0.5) is 0 Å². The largest absolute Gasteiger partial charge is 0.363 e. The first kappa shape index (κ1) is 28.1. The zero-order valence-electron chi connectivity index (χ0n) is 22.1. The second-order valence-electron chi connectivity index (χ2n) is 10.2. The average molecular weight is 534 g/mol. The third kappa shape index (κ3) is 7.16. The fourth-order valence-electron chi connectivity index (χ4n) is 4.40. The predicted octanol–water partition coefficient (Wildman–Crippen LogP) is 0.765. The normalized spacial score (nSPS) is 30.1. The van der Waals surface area contributed by atoms with Gasteiger partial charge in [-0.05, 0) is 46.3 Å². The molecule has 3 aliphatic heterocycles. The molecular weight excluding hydrogens is 498 g/mol. The van der Waals surface area contributed by atoms with E-state index in [0.29, 0.717) is 0 Å². The van der Waals surface area contributed by atoms with Gasteiger partial charge in [0.1, 0.15) is 37.1 Å². The van der Waals surface area contributed by atoms with Gasteiger partial charge in [0, 0.05) is 6.08 Å². The van der Waals surface area contributed by atoms with E-state index in [4.69, 9.17) is 28.4 Å². The fraction of sp³-hybridized carbons (Fsp3) is 0.577. The number of benzene rings is 1. The Kier molecular flexibility index (Phi) is 8.50. The van der Waals surface area contributed by atoms with Crippen LogP contribution in [0.15, 0.2) is 36.4 Å². The summed E-state index contributed by atoms with van der Waals surface area (Å²) < 4.78 is 35.4. The SMILES string of the molecule is C[C@H](NC(=O)CO[C@H]1[C@H]2OC(C)(C)O[C@@H]2O[C@@H]1[C@H]1COC(C)(C)O1)C(=O)NNC(=O)C=Cc1ccccc1. The Balaban J connectivity index is 1.25. The summed E-state index contributed by atoms with van der Waals surface area (Å²) in [4.78, 5) is 36.9. The number of carbonyl (C=O) groups excluding carboxylic acids is 3. The molecule has 6 atom stereocenters. The monoisotopic (exact) mass is 533 g/mol. The maximum atomic E-state index is 12.6. The van der Waals surface area contributed by atoms with E-state index in [0.717, 1.165) is 5.56 Å². The molecule has 3 N–H and O–H groups in total. The maximum absolute atomic E-state index is 12.6. The highest BCUT2D eigenvalue weighted by Crippen LogP contribution is 2.41. The minimum absolute atomic E-state index is 0.288. The van der Waals surface area contributed by atoms with E-state index >= 15 is 0 Å². The minimum Gasteiger partial charge on any atom is -0.363 e. The van der Waals surface area contributed by atoms with E-state index in [-0.39, 0.29) is 13.2 Å². The second-order valence-corrected chi connectivity index (χ2v) is 10.2. The molecule has 3 saturated heterocycles. The van der Waals surface area contributed by atoms with Crippen LogP contribution in [0.3, 0.4) is 0 Å². The lowest BCUT2D eigenvalue weighted by Gasteiger charge is -2.29. The highest BCUT2D eigenvalue weighted by Gasteiger charge is 2.59. The number of ether oxygens (including phenoxy) is 6. The van der Waals surface area contributed by atoms with Gasteiger partial charge < -0.3 is 33.7 Å². The highest BCUT2D eigenvalue weighted by molar-refractivity contribution is 5.94. The van der Waals surface area contributed by atoms with E-state index in [1.807, 2.05) is 30.3 Å². The molecule has 0 bridgehead atoms. The van der Waals surface area contributed by atoms with E-state index in [2.05, 4.69) is 16.2 Å². The molecule has 0 aromatic heterocycles. The molecule has 0 radical (unpaired) electrons. The summed E-state index contributed by atoms with van der Waals surface area (Å²) >= 11 is 0. The summed E-state index contributed by atoms with van der Waals surface area (Å²) in [5, 5.41) is 2.54. The molecule has 1 aromatic carbocycles. The first-order chi connectivity index (χ1) is 17.9. The molecule has 12 heteroatoms. The van der Waals surface area contributed by atoms with Crippen LogP contribution in [0.1, 0.15) is 40.2 Å². The molecular formula is C26H35N3O9. The van der Waals surface area contributed by atoms with Crippen molar-refractivity contribution in [3.05, 3.63) is 42.0 Å². The van der Waals surface area contributed by atoms with Crippen LogP contribution < -0.4 is 16.2 Å². The van der Waals surface area contributed by atoms with Crippen molar-refractivity contribution in [3.8, 4) is 0 Å². The van der Waals surface area contributed by atoms with Crippen molar-refractivity contribution in [2.75, 3.05) is 13.2 Å². The Morgan fingerprint density at radius 3 is 2.45 bits per heavy atom. The molecule has 12 nitrogen and oxygen atoms in total. The number of hydrazine groups is 1. The Morgan fingerprint density at radius 2 is 1.76 bits per heavy atom. The standard InChI is InChI=1S/C26H35N3O9/c1-15(23(32)29-28-18(30)12-11-16-9-7-6-8-10-16)27-19(31)14-33-21-20(17-13-34-25(2,3)36-17)35-24-22(21)37-26(4,5)38-24/h6-12,15,17,20-22,24H,13-14H2,1-5H3,(H,27,31)(H,28,30)(H,29,32)/t15-,17+,20+,21+,22+,24-/m0/s1.